The number of aliphatic hydroxyl groups is 1. The number of anilines is 2. The molecule has 5 nitrogen and oxygen atoms in total. The van der Waals surface area contributed by atoms with E-state index in [0.29, 0.717) is 5.82 Å². The van der Waals surface area contributed by atoms with Gasteiger partial charge in [0.15, 0.2) is 0 Å². The van der Waals surface area contributed by atoms with Crippen LogP contribution in [-0.2, 0) is 0 Å². The minimum Gasteiger partial charge on any atom is -0.393 e. The van der Waals surface area contributed by atoms with Crippen LogP contribution in [0, 0.1) is 0 Å². The molecule has 0 amide bonds. The van der Waals surface area contributed by atoms with E-state index in [2.05, 4.69) is 15.7 Å². The first-order valence-electron chi connectivity index (χ1n) is 5.08. The fourth-order valence-electron chi connectivity index (χ4n) is 1.23. The van der Waals surface area contributed by atoms with Crippen molar-refractivity contribution in [1.82, 2.24) is 4.98 Å². The van der Waals surface area contributed by atoms with Crippen LogP contribution in [0.15, 0.2) is 18.2 Å². The zero-order chi connectivity index (χ0) is 11.1. The number of nitrogens with one attached hydrogen (secondary N) is 2. The van der Waals surface area contributed by atoms with Crippen molar-refractivity contribution < 1.29 is 5.11 Å². The molecule has 84 valence electrons. The second kappa shape index (κ2) is 6.21. The first kappa shape index (κ1) is 11.7. The number of aromatic nitrogens is 1. The lowest BCUT2D eigenvalue weighted by molar-refractivity contribution is 0.183. The number of rotatable bonds is 6. The topological polar surface area (TPSA) is 83.2 Å². The summed E-state index contributed by atoms with van der Waals surface area (Å²) in [4.78, 5) is 4.20. The lowest BCUT2D eigenvalue weighted by Crippen LogP contribution is -2.11. The van der Waals surface area contributed by atoms with E-state index in [9.17, 15) is 0 Å². The summed E-state index contributed by atoms with van der Waals surface area (Å²) in [7, 11) is 0. The van der Waals surface area contributed by atoms with E-state index in [0.717, 1.165) is 25.2 Å². The van der Waals surface area contributed by atoms with Crippen LogP contribution in [0.2, 0.25) is 0 Å². The van der Waals surface area contributed by atoms with Gasteiger partial charge in [0.05, 0.1) is 6.10 Å². The summed E-state index contributed by atoms with van der Waals surface area (Å²) in [5.41, 5.74) is 2.48. The maximum absolute atomic E-state index is 9.06. The Morgan fingerprint density at radius 2 is 2.20 bits per heavy atom. The van der Waals surface area contributed by atoms with Crippen molar-refractivity contribution >= 4 is 11.6 Å². The molecule has 0 aliphatic carbocycles. The summed E-state index contributed by atoms with van der Waals surface area (Å²) in [5, 5.41) is 12.2. The van der Waals surface area contributed by atoms with Crippen molar-refractivity contribution in [2.45, 2.75) is 25.9 Å². The summed E-state index contributed by atoms with van der Waals surface area (Å²) in [6, 6.07) is 5.55. The Kier molecular flexibility index (Phi) is 4.86. The maximum atomic E-state index is 9.06. The molecule has 1 heterocycles. The van der Waals surface area contributed by atoms with Crippen molar-refractivity contribution in [3.8, 4) is 0 Å². The van der Waals surface area contributed by atoms with Gasteiger partial charge < -0.3 is 15.8 Å². The first-order chi connectivity index (χ1) is 7.22. The monoisotopic (exact) mass is 210 g/mol. The molecule has 0 bridgehead atoms. The van der Waals surface area contributed by atoms with Crippen LogP contribution >= 0.6 is 0 Å². The van der Waals surface area contributed by atoms with E-state index in [1.54, 1.807) is 13.0 Å². The van der Waals surface area contributed by atoms with E-state index in [1.165, 1.54) is 0 Å². The number of nitrogens with two attached hydrogens (primary N) is 1. The molecule has 15 heavy (non-hydrogen) atoms. The van der Waals surface area contributed by atoms with Crippen molar-refractivity contribution in [3.63, 3.8) is 0 Å². The molecule has 0 spiro atoms. The normalized spacial score (nSPS) is 12.2. The highest BCUT2D eigenvalue weighted by Crippen LogP contribution is 2.08. The molecule has 0 saturated carbocycles. The average Bonchev–Trinajstić information content (AvgIpc) is 2.24. The third-order valence-electron chi connectivity index (χ3n) is 2.00. The van der Waals surface area contributed by atoms with Crippen LogP contribution in [0.25, 0.3) is 0 Å². The van der Waals surface area contributed by atoms with Crippen molar-refractivity contribution in [2.24, 2.45) is 5.84 Å². The minimum absolute atomic E-state index is 0.239. The standard InChI is InChI=1S/C10H18N4O/c1-8(15)4-3-7-12-9-5-2-6-10(13-9)14-11/h2,5-6,8,15H,3-4,7,11H2,1H3,(H2,12,13,14). The Balaban J connectivity index is 2.30. The molecule has 0 aromatic carbocycles. The zero-order valence-corrected chi connectivity index (χ0v) is 8.90. The smallest absolute Gasteiger partial charge is 0.142 e. The Morgan fingerprint density at radius 1 is 1.47 bits per heavy atom. The molecule has 1 rings (SSSR count). The van der Waals surface area contributed by atoms with Crippen molar-refractivity contribution in [2.75, 3.05) is 17.3 Å². The Morgan fingerprint density at radius 3 is 2.87 bits per heavy atom. The van der Waals surface area contributed by atoms with Gasteiger partial charge in [-0.05, 0) is 31.9 Å². The molecule has 1 aromatic heterocycles. The molecular formula is C10H18N4O. The lowest BCUT2D eigenvalue weighted by atomic mass is 10.2. The minimum atomic E-state index is -0.239. The van der Waals surface area contributed by atoms with Crippen molar-refractivity contribution in [1.29, 1.82) is 0 Å². The number of hydrogen-bond donors (Lipinski definition) is 4. The second-order valence-corrected chi connectivity index (χ2v) is 3.47. The third kappa shape index (κ3) is 4.62. The number of aliphatic hydroxyl groups excluding tert-OH is 1. The fraction of sp³-hybridized carbons (Fsp3) is 0.500. The van der Waals surface area contributed by atoms with Crippen molar-refractivity contribution in [3.05, 3.63) is 18.2 Å². The highest BCUT2D eigenvalue weighted by atomic mass is 16.3. The van der Waals surface area contributed by atoms with Crippen LogP contribution in [0.5, 0.6) is 0 Å². The fourth-order valence-corrected chi connectivity index (χ4v) is 1.23. The van der Waals surface area contributed by atoms with E-state index >= 15 is 0 Å². The molecule has 0 aliphatic heterocycles. The molecule has 5 N–H and O–H groups in total. The highest BCUT2D eigenvalue weighted by Gasteiger charge is 1.97. The molecule has 0 radical (unpaired) electrons. The van der Waals surface area contributed by atoms with Gasteiger partial charge in [-0.3, -0.25) is 0 Å². The Labute approximate surface area is 89.7 Å². The van der Waals surface area contributed by atoms with Crippen LogP contribution in [-0.4, -0.2) is 22.7 Å². The zero-order valence-electron chi connectivity index (χ0n) is 8.90. The number of pyridine rings is 1. The van der Waals surface area contributed by atoms with Gasteiger partial charge in [-0.2, -0.15) is 0 Å². The summed E-state index contributed by atoms with van der Waals surface area (Å²) in [6.07, 6.45) is 1.47. The molecule has 5 heteroatoms. The van der Waals surface area contributed by atoms with E-state index in [-0.39, 0.29) is 6.10 Å². The Bertz CT molecular complexity index is 291. The quantitative estimate of drug-likeness (QED) is 0.319. The SMILES string of the molecule is CC(O)CCCNc1cccc(NN)n1. The van der Waals surface area contributed by atoms with Crippen LogP contribution in [0.1, 0.15) is 19.8 Å². The van der Waals surface area contributed by atoms with Crippen LogP contribution in [0.3, 0.4) is 0 Å². The molecule has 1 aromatic rings. The average molecular weight is 210 g/mol. The predicted octanol–water partition coefficient (Wildman–Crippen LogP) is 0.940. The summed E-state index contributed by atoms with van der Waals surface area (Å²) < 4.78 is 0. The van der Waals surface area contributed by atoms with Gasteiger partial charge >= 0.3 is 0 Å². The number of nitrogen functional groups attached to an aromatic ring is 1. The number of hydrazine groups is 1. The van der Waals surface area contributed by atoms with Crippen LogP contribution in [0.4, 0.5) is 11.6 Å². The van der Waals surface area contributed by atoms with Gasteiger partial charge in [-0.25, -0.2) is 10.8 Å². The van der Waals surface area contributed by atoms with Gasteiger partial charge in [0.1, 0.15) is 11.6 Å². The summed E-state index contributed by atoms with van der Waals surface area (Å²) in [6.45, 7) is 2.59. The highest BCUT2D eigenvalue weighted by molar-refractivity contribution is 5.44. The lowest BCUT2D eigenvalue weighted by Gasteiger charge is -2.07. The molecule has 1 unspecified atom stereocenters. The molecule has 1 atom stereocenters. The van der Waals surface area contributed by atoms with Gasteiger partial charge in [-0.1, -0.05) is 6.07 Å². The molecule has 0 saturated heterocycles. The maximum Gasteiger partial charge on any atom is 0.142 e. The summed E-state index contributed by atoms with van der Waals surface area (Å²) in [5.74, 6) is 6.66. The largest absolute Gasteiger partial charge is 0.393 e. The number of nitrogens with zero attached hydrogens (tertiary/aromatic N) is 1. The van der Waals surface area contributed by atoms with Gasteiger partial charge in [0.25, 0.3) is 0 Å². The predicted molar refractivity (Wildman–Crippen MR) is 61.5 cm³/mol. The van der Waals surface area contributed by atoms with Gasteiger partial charge in [-0.15, -0.1) is 0 Å². The summed E-state index contributed by atoms with van der Waals surface area (Å²) >= 11 is 0. The third-order valence-corrected chi connectivity index (χ3v) is 2.00. The second-order valence-electron chi connectivity index (χ2n) is 3.47. The van der Waals surface area contributed by atoms with E-state index < -0.39 is 0 Å². The number of hydrogen-bond acceptors (Lipinski definition) is 5. The molecule has 0 fully saturated rings. The van der Waals surface area contributed by atoms with Gasteiger partial charge in [0.2, 0.25) is 0 Å². The first-order valence-corrected chi connectivity index (χ1v) is 5.08. The van der Waals surface area contributed by atoms with Gasteiger partial charge in [0, 0.05) is 6.54 Å². The van der Waals surface area contributed by atoms with Crippen LogP contribution < -0.4 is 16.6 Å². The molecule has 0 aliphatic rings. The van der Waals surface area contributed by atoms with E-state index in [1.807, 2.05) is 12.1 Å². The van der Waals surface area contributed by atoms with E-state index in [4.69, 9.17) is 10.9 Å². The Hall–Kier alpha value is -1.33. The molecular weight excluding hydrogens is 192 g/mol.